The minimum absolute atomic E-state index is 0.0687. The van der Waals surface area contributed by atoms with Crippen LogP contribution in [-0.2, 0) is 9.53 Å². The Balaban J connectivity index is 2.44. The zero-order valence-corrected chi connectivity index (χ0v) is 10.3. The van der Waals surface area contributed by atoms with Crippen molar-refractivity contribution in [1.29, 1.82) is 0 Å². The summed E-state index contributed by atoms with van der Waals surface area (Å²) in [4.78, 5) is 11.2. The highest BCUT2D eigenvalue weighted by Gasteiger charge is 2.07. The van der Waals surface area contributed by atoms with Crippen molar-refractivity contribution in [3.8, 4) is 5.75 Å². The molecule has 0 aromatic heterocycles. The molecular formula is C11H13BrO3. The number of esters is 1. The molecule has 4 heteroatoms. The van der Waals surface area contributed by atoms with Crippen molar-refractivity contribution in [3.63, 3.8) is 0 Å². The summed E-state index contributed by atoms with van der Waals surface area (Å²) in [5.74, 6) is 0.277. The van der Waals surface area contributed by atoms with E-state index >= 15 is 0 Å². The van der Waals surface area contributed by atoms with Crippen molar-refractivity contribution in [3.05, 3.63) is 28.7 Å². The van der Waals surface area contributed by atoms with Crippen molar-refractivity contribution in [2.45, 2.75) is 20.0 Å². The van der Waals surface area contributed by atoms with Crippen molar-refractivity contribution >= 4 is 21.9 Å². The fourth-order valence-corrected chi connectivity index (χ4v) is 1.39. The second-order valence-corrected chi connectivity index (χ2v) is 4.11. The lowest BCUT2D eigenvalue weighted by Crippen LogP contribution is -2.18. The Morgan fingerprint density at radius 3 is 2.67 bits per heavy atom. The summed E-state index contributed by atoms with van der Waals surface area (Å²) in [6.45, 7) is 3.54. The Kier molecular flexibility index (Phi) is 4.62. The molecule has 0 heterocycles. The molecule has 0 radical (unpaired) electrons. The molecule has 0 spiro atoms. The highest BCUT2D eigenvalue weighted by Crippen LogP contribution is 2.23. The van der Waals surface area contributed by atoms with Crippen LogP contribution < -0.4 is 4.74 Å². The fourth-order valence-electron chi connectivity index (χ4n) is 0.995. The highest BCUT2D eigenvalue weighted by molar-refractivity contribution is 9.10. The van der Waals surface area contributed by atoms with Gasteiger partial charge in [0.1, 0.15) is 5.75 Å². The van der Waals surface area contributed by atoms with E-state index in [1.807, 2.05) is 18.2 Å². The van der Waals surface area contributed by atoms with Crippen molar-refractivity contribution in [2.75, 3.05) is 6.61 Å². The number of para-hydroxylation sites is 1. The van der Waals surface area contributed by atoms with Crippen LogP contribution in [0.2, 0.25) is 0 Å². The number of ether oxygens (including phenoxy) is 2. The average Bonchev–Trinajstić information content (AvgIpc) is 2.15. The largest absolute Gasteiger partial charge is 0.481 e. The van der Waals surface area contributed by atoms with Gasteiger partial charge in [0.2, 0.25) is 0 Å². The van der Waals surface area contributed by atoms with Gasteiger partial charge in [-0.3, -0.25) is 0 Å². The summed E-state index contributed by atoms with van der Waals surface area (Å²) in [6, 6.07) is 7.35. The van der Waals surface area contributed by atoms with Crippen molar-refractivity contribution in [2.24, 2.45) is 0 Å². The van der Waals surface area contributed by atoms with Gasteiger partial charge in [-0.2, -0.15) is 0 Å². The maximum atomic E-state index is 11.2. The minimum Gasteiger partial charge on any atom is -0.481 e. The topological polar surface area (TPSA) is 35.5 Å². The first-order valence-electron chi connectivity index (χ1n) is 4.66. The lowest BCUT2D eigenvalue weighted by molar-refractivity contribution is -0.149. The zero-order valence-electron chi connectivity index (χ0n) is 8.70. The molecule has 0 atom stereocenters. The van der Waals surface area contributed by atoms with Gasteiger partial charge in [0.05, 0.1) is 10.6 Å². The molecule has 3 nitrogen and oxygen atoms in total. The number of benzene rings is 1. The summed E-state index contributed by atoms with van der Waals surface area (Å²) in [6.07, 6.45) is -0.111. The minimum atomic E-state index is -0.360. The standard InChI is InChI=1S/C11H13BrO3/c1-8(2)15-11(13)7-14-10-6-4-3-5-9(10)12/h3-6,8H,7H2,1-2H3. The SMILES string of the molecule is CC(C)OC(=O)COc1ccccc1Br. The maximum absolute atomic E-state index is 11.2. The van der Waals surface area contributed by atoms with Gasteiger partial charge in [-0.15, -0.1) is 0 Å². The van der Waals surface area contributed by atoms with Gasteiger partial charge in [0, 0.05) is 0 Å². The van der Waals surface area contributed by atoms with Gasteiger partial charge < -0.3 is 9.47 Å². The number of hydrogen-bond donors (Lipinski definition) is 0. The van der Waals surface area contributed by atoms with Crippen LogP contribution in [0.3, 0.4) is 0 Å². The lowest BCUT2D eigenvalue weighted by atomic mass is 10.3. The molecule has 0 aliphatic carbocycles. The molecule has 1 aromatic carbocycles. The van der Waals surface area contributed by atoms with Crippen molar-refractivity contribution in [1.82, 2.24) is 0 Å². The van der Waals surface area contributed by atoms with Crippen LogP contribution in [-0.4, -0.2) is 18.7 Å². The first-order chi connectivity index (χ1) is 7.09. The van der Waals surface area contributed by atoms with Crippen LogP contribution in [0.25, 0.3) is 0 Å². The summed E-state index contributed by atoms with van der Waals surface area (Å²) >= 11 is 3.32. The second kappa shape index (κ2) is 5.75. The van der Waals surface area contributed by atoms with E-state index in [0.29, 0.717) is 5.75 Å². The monoisotopic (exact) mass is 272 g/mol. The van der Waals surface area contributed by atoms with Crippen LogP contribution in [0.4, 0.5) is 0 Å². The van der Waals surface area contributed by atoms with E-state index in [4.69, 9.17) is 9.47 Å². The number of carbonyl (C=O) groups is 1. The molecule has 0 unspecified atom stereocenters. The van der Waals surface area contributed by atoms with Gasteiger partial charge in [-0.25, -0.2) is 4.79 Å². The smallest absolute Gasteiger partial charge is 0.344 e. The molecular weight excluding hydrogens is 260 g/mol. The van der Waals surface area contributed by atoms with Crippen LogP contribution in [0.15, 0.2) is 28.7 Å². The first-order valence-corrected chi connectivity index (χ1v) is 5.45. The summed E-state index contributed by atoms with van der Waals surface area (Å²) < 4.78 is 11.0. The Morgan fingerprint density at radius 1 is 1.40 bits per heavy atom. The number of hydrogen-bond acceptors (Lipinski definition) is 3. The van der Waals surface area contributed by atoms with E-state index in [9.17, 15) is 4.79 Å². The van der Waals surface area contributed by atoms with Crippen LogP contribution in [0, 0.1) is 0 Å². The Labute approximate surface area is 97.5 Å². The molecule has 0 saturated carbocycles. The Bertz CT molecular complexity index is 336. The number of carbonyl (C=O) groups excluding carboxylic acids is 1. The molecule has 82 valence electrons. The molecule has 0 aliphatic rings. The van der Waals surface area contributed by atoms with Gasteiger partial charge in [0.15, 0.2) is 6.61 Å². The third-order valence-electron chi connectivity index (χ3n) is 1.55. The second-order valence-electron chi connectivity index (χ2n) is 3.26. The first kappa shape index (κ1) is 12.0. The van der Waals surface area contributed by atoms with Gasteiger partial charge in [-0.05, 0) is 41.9 Å². The predicted octanol–water partition coefficient (Wildman–Crippen LogP) is 2.78. The third-order valence-corrected chi connectivity index (χ3v) is 2.20. The molecule has 1 aromatic rings. The molecule has 15 heavy (non-hydrogen) atoms. The number of rotatable bonds is 4. The fraction of sp³-hybridized carbons (Fsp3) is 0.364. The van der Waals surface area contributed by atoms with E-state index in [1.165, 1.54) is 0 Å². The van der Waals surface area contributed by atoms with Gasteiger partial charge >= 0.3 is 5.97 Å². The molecule has 0 fully saturated rings. The molecule has 0 aliphatic heterocycles. The van der Waals surface area contributed by atoms with Crippen LogP contribution in [0.1, 0.15) is 13.8 Å². The van der Waals surface area contributed by atoms with E-state index < -0.39 is 0 Å². The summed E-state index contributed by atoms with van der Waals surface area (Å²) in [5, 5.41) is 0. The quantitative estimate of drug-likeness (QED) is 0.791. The van der Waals surface area contributed by atoms with E-state index in [2.05, 4.69) is 15.9 Å². The molecule has 0 amide bonds. The van der Waals surface area contributed by atoms with Gasteiger partial charge in [-0.1, -0.05) is 12.1 Å². The third kappa shape index (κ3) is 4.34. The van der Waals surface area contributed by atoms with E-state index in [-0.39, 0.29) is 18.7 Å². The predicted molar refractivity (Wildman–Crippen MR) is 60.9 cm³/mol. The van der Waals surface area contributed by atoms with E-state index in [0.717, 1.165) is 4.47 Å². The van der Waals surface area contributed by atoms with Crippen molar-refractivity contribution < 1.29 is 14.3 Å². The van der Waals surface area contributed by atoms with E-state index in [1.54, 1.807) is 19.9 Å². The van der Waals surface area contributed by atoms with Crippen LogP contribution in [0.5, 0.6) is 5.75 Å². The number of halogens is 1. The average molecular weight is 273 g/mol. The summed E-state index contributed by atoms with van der Waals surface area (Å²) in [7, 11) is 0. The zero-order chi connectivity index (χ0) is 11.3. The lowest BCUT2D eigenvalue weighted by Gasteiger charge is -2.09. The Hall–Kier alpha value is -1.03. The normalized spacial score (nSPS) is 10.1. The highest BCUT2D eigenvalue weighted by atomic mass is 79.9. The molecule has 1 rings (SSSR count). The maximum Gasteiger partial charge on any atom is 0.344 e. The van der Waals surface area contributed by atoms with Crippen LogP contribution >= 0.6 is 15.9 Å². The Morgan fingerprint density at radius 2 is 2.07 bits per heavy atom. The summed E-state index contributed by atoms with van der Waals surface area (Å²) in [5.41, 5.74) is 0. The van der Waals surface area contributed by atoms with Gasteiger partial charge in [0.25, 0.3) is 0 Å². The molecule has 0 bridgehead atoms. The molecule has 0 N–H and O–H groups in total. The molecule has 0 saturated heterocycles.